The van der Waals surface area contributed by atoms with Crippen LogP contribution >= 0.6 is 12.2 Å². The largest absolute Gasteiger partial charge is 0.377 e. The minimum Gasteiger partial charge on any atom is -0.377 e. The van der Waals surface area contributed by atoms with E-state index in [0.717, 1.165) is 0 Å². The number of thiocarbonyl (C=S) groups is 1. The fourth-order valence-electron chi connectivity index (χ4n) is 0.807. The van der Waals surface area contributed by atoms with Crippen molar-refractivity contribution in [3.05, 3.63) is 23.8 Å². The Labute approximate surface area is 73.2 Å². The summed E-state index contributed by atoms with van der Waals surface area (Å²) in [5.74, 6) is -1.36. The zero-order valence-corrected chi connectivity index (χ0v) is 6.79. The number of halogens is 2. The van der Waals surface area contributed by atoms with Crippen LogP contribution in [-0.2, 0) is 0 Å². The molecule has 0 heterocycles. The molecule has 2 rings (SSSR count). The molecule has 2 aliphatic rings. The number of hydrogen-bond donors (Lipinski definition) is 2. The number of fused-ring (bicyclic) bond motifs is 1. The molecule has 0 aromatic rings. The highest BCUT2D eigenvalue weighted by atomic mass is 32.1. The Morgan fingerprint density at radius 2 is 1.33 bits per heavy atom. The molecular weight excluding hydrogens is 182 g/mol. The van der Waals surface area contributed by atoms with Crippen LogP contribution in [0.2, 0.25) is 0 Å². The number of hydrogen-bond acceptors (Lipinski definition) is 1. The van der Waals surface area contributed by atoms with E-state index in [4.69, 9.17) is 0 Å². The molecule has 0 aromatic heterocycles. The number of benzene rings is 1. The van der Waals surface area contributed by atoms with Crippen LogP contribution in [0.25, 0.3) is 11.1 Å². The van der Waals surface area contributed by atoms with E-state index in [1.165, 1.54) is 0 Å². The lowest BCUT2D eigenvalue weighted by Crippen LogP contribution is -2.18. The van der Waals surface area contributed by atoms with Crippen molar-refractivity contribution >= 4 is 17.3 Å². The second-order valence-corrected chi connectivity index (χ2v) is 2.66. The van der Waals surface area contributed by atoms with Crippen LogP contribution in [0.5, 0.6) is 0 Å². The molecule has 0 fully saturated rings. The predicted molar refractivity (Wildman–Crippen MR) is 46.3 cm³/mol. The lowest BCUT2D eigenvalue weighted by Gasteiger charge is -2.16. The maximum atomic E-state index is 12.0. The minimum absolute atomic E-state index is 0.000000000000000222. The lowest BCUT2D eigenvalue weighted by atomic mass is 9.92. The Hall–Kier alpha value is -1.23. The van der Waals surface area contributed by atoms with Crippen molar-refractivity contribution < 1.29 is 8.78 Å². The van der Waals surface area contributed by atoms with E-state index < -0.39 is 11.6 Å². The summed E-state index contributed by atoms with van der Waals surface area (Å²) in [5.41, 5.74) is 10.1. The summed E-state index contributed by atoms with van der Waals surface area (Å²) in [6, 6.07) is 3.13. The molecule has 0 radical (unpaired) electrons. The van der Waals surface area contributed by atoms with Gasteiger partial charge in [0.05, 0.1) is 0 Å². The molecule has 0 atom stereocenters. The SMILES string of the molecule is Fc1c2ccc-2c1F.NC(N)=S. The van der Waals surface area contributed by atoms with Gasteiger partial charge in [0.2, 0.25) is 0 Å². The van der Waals surface area contributed by atoms with E-state index in [1.54, 1.807) is 12.1 Å². The molecule has 0 saturated carbocycles. The summed E-state index contributed by atoms with van der Waals surface area (Å²) in [7, 11) is 0. The second-order valence-electron chi connectivity index (χ2n) is 2.19. The third kappa shape index (κ3) is 1.35. The molecule has 0 unspecified atom stereocenters. The second kappa shape index (κ2) is 3.02. The average molecular weight is 188 g/mol. The van der Waals surface area contributed by atoms with E-state index in [-0.39, 0.29) is 5.11 Å². The highest BCUT2D eigenvalue weighted by Crippen LogP contribution is 2.38. The van der Waals surface area contributed by atoms with Gasteiger partial charge >= 0.3 is 0 Å². The first kappa shape index (κ1) is 8.86. The lowest BCUT2D eigenvalue weighted by molar-refractivity contribution is 0.494. The molecular formula is C7H6F2N2S. The predicted octanol–water partition coefficient (Wildman–Crippen LogP) is 1.13. The first-order chi connectivity index (χ1) is 5.54. The van der Waals surface area contributed by atoms with Gasteiger partial charge in [-0.25, -0.2) is 8.78 Å². The zero-order chi connectivity index (χ0) is 9.30. The minimum atomic E-state index is -0.678. The Morgan fingerprint density at radius 3 is 1.42 bits per heavy atom. The van der Waals surface area contributed by atoms with Gasteiger partial charge in [-0.15, -0.1) is 0 Å². The van der Waals surface area contributed by atoms with Gasteiger partial charge in [0.15, 0.2) is 16.7 Å². The normalized spacial score (nSPS) is 9.83. The quantitative estimate of drug-likeness (QED) is 0.609. The standard InChI is InChI=1S/C6H2F2.CH4N2S/c7-5-3-1-2-4(3)6(5)8;2-1(3)4/h1-2H;(H4,2,3,4). The van der Waals surface area contributed by atoms with Crippen LogP contribution in [0, 0.1) is 11.6 Å². The fourth-order valence-corrected chi connectivity index (χ4v) is 0.807. The van der Waals surface area contributed by atoms with E-state index >= 15 is 0 Å². The summed E-state index contributed by atoms with van der Waals surface area (Å²) >= 11 is 4.09. The molecule has 0 aliphatic heterocycles. The Balaban J connectivity index is 0.000000157. The number of rotatable bonds is 0. The van der Waals surface area contributed by atoms with Crippen molar-refractivity contribution in [1.29, 1.82) is 0 Å². The molecule has 2 aliphatic carbocycles. The molecule has 0 amide bonds. The van der Waals surface area contributed by atoms with Gasteiger partial charge in [-0.3, -0.25) is 0 Å². The summed E-state index contributed by atoms with van der Waals surface area (Å²) in [5, 5.41) is 0.000000000000000222. The van der Waals surface area contributed by atoms with Crippen molar-refractivity contribution in [1.82, 2.24) is 0 Å². The van der Waals surface area contributed by atoms with Gasteiger partial charge in [-0.1, -0.05) is 12.1 Å². The van der Waals surface area contributed by atoms with Crippen LogP contribution in [0.3, 0.4) is 0 Å². The van der Waals surface area contributed by atoms with Crippen LogP contribution < -0.4 is 11.5 Å². The van der Waals surface area contributed by atoms with E-state index in [9.17, 15) is 8.78 Å². The fraction of sp³-hybridized carbons (Fsp3) is 0. The Bertz CT molecular complexity index is 307. The van der Waals surface area contributed by atoms with Crippen LogP contribution in [0.4, 0.5) is 8.78 Å². The Kier molecular flexibility index (Phi) is 2.23. The van der Waals surface area contributed by atoms with Crippen molar-refractivity contribution in [3.63, 3.8) is 0 Å². The molecule has 12 heavy (non-hydrogen) atoms. The van der Waals surface area contributed by atoms with Crippen molar-refractivity contribution in [3.8, 4) is 11.1 Å². The highest BCUT2D eigenvalue weighted by molar-refractivity contribution is 7.80. The topological polar surface area (TPSA) is 52.0 Å². The van der Waals surface area contributed by atoms with Gasteiger partial charge in [-0.2, -0.15) is 0 Å². The van der Waals surface area contributed by atoms with Crippen LogP contribution in [-0.4, -0.2) is 5.11 Å². The molecule has 2 nitrogen and oxygen atoms in total. The van der Waals surface area contributed by atoms with Gasteiger partial charge < -0.3 is 11.5 Å². The van der Waals surface area contributed by atoms with E-state index in [0.29, 0.717) is 11.1 Å². The maximum Gasteiger partial charge on any atom is 0.167 e. The first-order valence-corrected chi connectivity index (χ1v) is 3.48. The van der Waals surface area contributed by atoms with Gasteiger partial charge in [0, 0.05) is 11.1 Å². The summed E-state index contributed by atoms with van der Waals surface area (Å²) in [4.78, 5) is 0. The molecule has 5 heteroatoms. The van der Waals surface area contributed by atoms with Crippen molar-refractivity contribution in [2.45, 2.75) is 0 Å². The van der Waals surface area contributed by atoms with Crippen molar-refractivity contribution in [2.24, 2.45) is 11.5 Å². The van der Waals surface area contributed by atoms with Crippen LogP contribution in [0.15, 0.2) is 12.1 Å². The maximum absolute atomic E-state index is 12.0. The molecule has 0 spiro atoms. The van der Waals surface area contributed by atoms with Crippen molar-refractivity contribution in [2.75, 3.05) is 0 Å². The van der Waals surface area contributed by atoms with Gasteiger partial charge in [-0.05, 0) is 12.2 Å². The monoisotopic (exact) mass is 188 g/mol. The zero-order valence-electron chi connectivity index (χ0n) is 5.97. The molecule has 0 aromatic carbocycles. The third-order valence-electron chi connectivity index (χ3n) is 1.37. The van der Waals surface area contributed by atoms with Gasteiger partial charge in [0.1, 0.15) is 0 Å². The summed E-state index contributed by atoms with van der Waals surface area (Å²) in [6.07, 6.45) is 0. The smallest absolute Gasteiger partial charge is 0.167 e. The van der Waals surface area contributed by atoms with Gasteiger partial charge in [0.25, 0.3) is 0 Å². The third-order valence-corrected chi connectivity index (χ3v) is 1.37. The molecule has 0 bridgehead atoms. The summed E-state index contributed by atoms with van der Waals surface area (Å²) in [6.45, 7) is 0. The Morgan fingerprint density at radius 1 is 1.08 bits per heavy atom. The highest BCUT2D eigenvalue weighted by Gasteiger charge is 2.25. The molecule has 64 valence electrons. The van der Waals surface area contributed by atoms with Crippen LogP contribution in [0.1, 0.15) is 0 Å². The molecule has 4 N–H and O–H groups in total. The number of nitrogens with two attached hydrogens (primary N) is 2. The van der Waals surface area contributed by atoms with E-state index in [1.807, 2.05) is 0 Å². The summed E-state index contributed by atoms with van der Waals surface area (Å²) < 4.78 is 24.0. The molecule has 0 saturated heterocycles. The first-order valence-electron chi connectivity index (χ1n) is 3.07. The average Bonchev–Trinajstić information content (AvgIpc) is 1.84. The van der Waals surface area contributed by atoms with E-state index in [2.05, 4.69) is 23.7 Å².